The fourth-order valence-corrected chi connectivity index (χ4v) is 0.781. The Labute approximate surface area is 65.5 Å². The molecule has 0 aliphatic rings. The van der Waals surface area contributed by atoms with Crippen molar-refractivity contribution in [3.05, 3.63) is 23.5 Å². The molecule has 0 fully saturated rings. The van der Waals surface area contributed by atoms with E-state index in [2.05, 4.69) is 10.2 Å². The number of aromatic nitrogens is 2. The van der Waals surface area contributed by atoms with E-state index in [9.17, 15) is 4.79 Å². The van der Waals surface area contributed by atoms with Gasteiger partial charge in [-0.1, -0.05) is 6.92 Å². The van der Waals surface area contributed by atoms with Gasteiger partial charge >= 0.3 is 0 Å². The fourth-order valence-electron chi connectivity index (χ4n) is 0.781. The summed E-state index contributed by atoms with van der Waals surface area (Å²) in [5, 5.41) is 7.39. The number of hydrogen-bond acceptors (Lipinski definition) is 3. The van der Waals surface area contributed by atoms with E-state index in [0.29, 0.717) is 12.1 Å². The van der Waals surface area contributed by atoms with Crippen LogP contribution >= 0.6 is 0 Å². The quantitative estimate of drug-likeness (QED) is 0.598. The minimum atomic E-state index is 0.0428. The highest BCUT2D eigenvalue weighted by Gasteiger charge is 2.03. The third-order valence-corrected chi connectivity index (χ3v) is 1.40. The Balaban J connectivity index is 2.96. The van der Waals surface area contributed by atoms with Crippen molar-refractivity contribution < 1.29 is 4.79 Å². The molecule has 1 aromatic rings. The van der Waals surface area contributed by atoms with E-state index in [-0.39, 0.29) is 5.78 Å². The van der Waals surface area contributed by atoms with Crippen LogP contribution in [0.4, 0.5) is 0 Å². The molecule has 0 amide bonds. The second kappa shape index (κ2) is 3.23. The maximum Gasteiger partial charge on any atom is 0.182 e. The highest BCUT2D eigenvalue weighted by Crippen LogP contribution is 2.00. The molecule has 0 spiro atoms. The maximum absolute atomic E-state index is 11.1. The van der Waals surface area contributed by atoms with Crippen LogP contribution in [0.1, 0.15) is 29.4 Å². The lowest BCUT2D eigenvalue weighted by atomic mass is 10.2. The van der Waals surface area contributed by atoms with Gasteiger partial charge in [-0.05, 0) is 18.6 Å². The van der Waals surface area contributed by atoms with Gasteiger partial charge < -0.3 is 0 Å². The van der Waals surface area contributed by atoms with E-state index in [1.807, 2.05) is 13.8 Å². The summed E-state index contributed by atoms with van der Waals surface area (Å²) < 4.78 is 0. The van der Waals surface area contributed by atoms with Gasteiger partial charge in [-0.25, -0.2) is 0 Å². The molecule has 1 heterocycles. The first-order valence-electron chi connectivity index (χ1n) is 3.56. The molecule has 0 unspecified atom stereocenters. The first-order chi connectivity index (χ1) is 5.24. The molecule has 1 rings (SSSR count). The van der Waals surface area contributed by atoms with Crippen molar-refractivity contribution in [3.63, 3.8) is 0 Å². The van der Waals surface area contributed by atoms with Crippen molar-refractivity contribution in [1.82, 2.24) is 10.2 Å². The van der Waals surface area contributed by atoms with E-state index < -0.39 is 0 Å². The van der Waals surface area contributed by atoms with Crippen LogP contribution in [-0.4, -0.2) is 16.0 Å². The number of hydrogen-bond donors (Lipinski definition) is 0. The first-order valence-corrected chi connectivity index (χ1v) is 3.56. The molecule has 0 aliphatic carbocycles. The normalized spacial score (nSPS) is 9.64. The Morgan fingerprint density at radius 2 is 2.36 bits per heavy atom. The summed E-state index contributed by atoms with van der Waals surface area (Å²) in [7, 11) is 0. The first kappa shape index (κ1) is 7.85. The lowest BCUT2D eigenvalue weighted by Gasteiger charge is -1.95. The van der Waals surface area contributed by atoms with Crippen molar-refractivity contribution in [2.45, 2.75) is 20.3 Å². The zero-order valence-corrected chi connectivity index (χ0v) is 6.66. The molecule has 11 heavy (non-hydrogen) atoms. The lowest BCUT2D eigenvalue weighted by Crippen LogP contribution is -2.01. The van der Waals surface area contributed by atoms with E-state index in [1.54, 1.807) is 12.3 Å². The fraction of sp³-hybridized carbons (Fsp3) is 0.375. The van der Waals surface area contributed by atoms with E-state index in [4.69, 9.17) is 0 Å². The van der Waals surface area contributed by atoms with Gasteiger partial charge in [0.2, 0.25) is 0 Å². The van der Waals surface area contributed by atoms with E-state index in [0.717, 1.165) is 5.56 Å². The van der Waals surface area contributed by atoms with Crippen molar-refractivity contribution in [1.29, 1.82) is 0 Å². The van der Waals surface area contributed by atoms with Crippen LogP contribution in [-0.2, 0) is 0 Å². The Morgan fingerprint density at radius 1 is 1.64 bits per heavy atom. The lowest BCUT2D eigenvalue weighted by molar-refractivity contribution is 0.0982. The number of rotatable bonds is 2. The van der Waals surface area contributed by atoms with Gasteiger partial charge in [0.25, 0.3) is 0 Å². The molecule has 0 atom stereocenters. The highest BCUT2D eigenvalue weighted by atomic mass is 16.1. The van der Waals surface area contributed by atoms with E-state index in [1.165, 1.54) is 0 Å². The zero-order valence-electron chi connectivity index (χ0n) is 6.66. The molecule has 0 radical (unpaired) electrons. The summed E-state index contributed by atoms with van der Waals surface area (Å²) >= 11 is 0. The Hall–Kier alpha value is -1.25. The molecular formula is C8H10N2O. The smallest absolute Gasteiger partial charge is 0.182 e. The Morgan fingerprint density at radius 3 is 2.91 bits per heavy atom. The Kier molecular flexibility index (Phi) is 2.31. The van der Waals surface area contributed by atoms with Gasteiger partial charge in [0, 0.05) is 6.42 Å². The number of Topliss-reactive ketones (excluding diaryl/α,β-unsaturated/α-hetero) is 1. The van der Waals surface area contributed by atoms with Gasteiger partial charge in [0.1, 0.15) is 5.69 Å². The summed E-state index contributed by atoms with van der Waals surface area (Å²) in [4.78, 5) is 11.1. The van der Waals surface area contributed by atoms with Crippen LogP contribution in [0.25, 0.3) is 0 Å². The molecule has 3 nitrogen and oxygen atoms in total. The topological polar surface area (TPSA) is 42.9 Å². The Bertz CT molecular complexity index is 271. The largest absolute Gasteiger partial charge is 0.292 e. The zero-order chi connectivity index (χ0) is 8.27. The summed E-state index contributed by atoms with van der Waals surface area (Å²) in [6, 6.07) is 1.75. The van der Waals surface area contributed by atoms with Gasteiger partial charge in [-0.2, -0.15) is 5.10 Å². The molecule has 1 aromatic heterocycles. The summed E-state index contributed by atoms with van der Waals surface area (Å²) in [5.74, 6) is 0.0428. The molecule has 3 heteroatoms. The minimum absolute atomic E-state index is 0.0428. The number of ketones is 1. The monoisotopic (exact) mass is 150 g/mol. The average Bonchev–Trinajstić information content (AvgIpc) is 2.03. The second-order valence-electron chi connectivity index (χ2n) is 2.39. The van der Waals surface area contributed by atoms with Gasteiger partial charge in [-0.15, -0.1) is 5.10 Å². The maximum atomic E-state index is 11.1. The van der Waals surface area contributed by atoms with Crippen molar-refractivity contribution in [3.8, 4) is 0 Å². The van der Waals surface area contributed by atoms with Crippen molar-refractivity contribution in [2.75, 3.05) is 0 Å². The van der Waals surface area contributed by atoms with Crippen LogP contribution in [0, 0.1) is 6.92 Å². The third-order valence-electron chi connectivity index (χ3n) is 1.40. The standard InChI is InChI=1S/C8H10N2O/c1-3-8(11)7-4-6(2)5-9-10-7/h4-5H,3H2,1-2H3. The van der Waals surface area contributed by atoms with Gasteiger partial charge in [-0.3, -0.25) is 4.79 Å². The molecule has 0 saturated heterocycles. The third kappa shape index (κ3) is 1.83. The highest BCUT2D eigenvalue weighted by molar-refractivity contribution is 5.93. The molecule has 0 bridgehead atoms. The van der Waals surface area contributed by atoms with Crippen LogP contribution in [0.15, 0.2) is 12.3 Å². The average molecular weight is 150 g/mol. The number of carbonyl (C=O) groups is 1. The predicted octanol–water partition coefficient (Wildman–Crippen LogP) is 1.38. The summed E-state index contributed by atoms with van der Waals surface area (Å²) in [6.07, 6.45) is 2.12. The van der Waals surface area contributed by atoms with Crippen molar-refractivity contribution in [2.24, 2.45) is 0 Å². The SMILES string of the molecule is CCC(=O)c1cc(C)cnn1. The minimum Gasteiger partial charge on any atom is -0.292 e. The van der Waals surface area contributed by atoms with Gasteiger partial charge in [0.05, 0.1) is 6.20 Å². The van der Waals surface area contributed by atoms with Crippen LogP contribution in [0.5, 0.6) is 0 Å². The summed E-state index contributed by atoms with van der Waals surface area (Å²) in [5.41, 5.74) is 1.43. The second-order valence-corrected chi connectivity index (χ2v) is 2.39. The molecule has 0 aromatic carbocycles. The molecule has 58 valence electrons. The predicted molar refractivity (Wildman–Crippen MR) is 41.4 cm³/mol. The summed E-state index contributed by atoms with van der Waals surface area (Å²) in [6.45, 7) is 3.70. The molecule has 0 aliphatic heterocycles. The number of nitrogens with zero attached hydrogens (tertiary/aromatic N) is 2. The van der Waals surface area contributed by atoms with Crippen molar-refractivity contribution >= 4 is 5.78 Å². The van der Waals surface area contributed by atoms with Crippen LogP contribution in [0.3, 0.4) is 0 Å². The number of carbonyl (C=O) groups excluding carboxylic acids is 1. The van der Waals surface area contributed by atoms with Crippen LogP contribution in [0.2, 0.25) is 0 Å². The van der Waals surface area contributed by atoms with E-state index >= 15 is 0 Å². The van der Waals surface area contributed by atoms with Crippen LogP contribution < -0.4 is 0 Å². The molecule has 0 N–H and O–H groups in total. The molecular weight excluding hydrogens is 140 g/mol. The van der Waals surface area contributed by atoms with Gasteiger partial charge in [0.15, 0.2) is 5.78 Å². The number of aryl methyl sites for hydroxylation is 1. The molecule has 0 saturated carbocycles.